The van der Waals surface area contributed by atoms with E-state index in [9.17, 15) is 13.2 Å². The first-order valence-electron chi connectivity index (χ1n) is 5.35. The zero-order chi connectivity index (χ0) is 13.6. The van der Waals surface area contributed by atoms with E-state index >= 15 is 0 Å². The normalized spacial score (nSPS) is 12.2. The van der Waals surface area contributed by atoms with Crippen molar-refractivity contribution in [3.63, 3.8) is 0 Å². The van der Waals surface area contributed by atoms with Crippen molar-refractivity contribution in [1.29, 1.82) is 0 Å². The minimum absolute atomic E-state index is 0.255. The summed E-state index contributed by atoms with van der Waals surface area (Å²) in [4.78, 5) is 2.87. The first-order valence-corrected chi connectivity index (χ1v) is 5.35. The molecule has 3 aromatic rings. The molecule has 0 aliphatic heterocycles. The molecular weight excluding hydrogens is 259 g/mol. The van der Waals surface area contributed by atoms with Gasteiger partial charge in [-0.2, -0.15) is 13.2 Å². The zero-order valence-electron chi connectivity index (χ0n) is 9.45. The lowest BCUT2D eigenvalue weighted by Gasteiger charge is -2.06. The van der Waals surface area contributed by atoms with Crippen LogP contribution in [0, 0.1) is 0 Å². The average Bonchev–Trinajstić information content (AvgIpc) is 2.92. The first-order chi connectivity index (χ1) is 8.97. The number of aromatic nitrogens is 2. The van der Waals surface area contributed by atoms with Crippen LogP contribution < -0.4 is 5.73 Å². The second-order valence-electron chi connectivity index (χ2n) is 4.07. The van der Waals surface area contributed by atoms with Gasteiger partial charge in [0.05, 0.1) is 11.8 Å². The number of nitrogens with zero attached hydrogens (tertiary/aromatic N) is 1. The monoisotopic (exact) mass is 267 g/mol. The molecule has 0 aliphatic rings. The quantitative estimate of drug-likeness (QED) is 0.709. The fourth-order valence-electron chi connectivity index (χ4n) is 1.94. The molecule has 0 saturated carbocycles. The van der Waals surface area contributed by atoms with Crippen LogP contribution in [0.1, 0.15) is 5.56 Å². The summed E-state index contributed by atoms with van der Waals surface area (Å²) in [6.07, 6.45) is -1.54. The number of nitrogens with two attached hydrogens (primary N) is 1. The highest BCUT2D eigenvalue weighted by Crippen LogP contribution is 2.36. The van der Waals surface area contributed by atoms with Crippen molar-refractivity contribution in [3.8, 4) is 11.3 Å². The molecule has 0 unspecified atom stereocenters. The standard InChI is InChI=1S/C12H8F3N3O/c13-12(14,15)6-1-2-10-7(3-6)8(4-17-10)11-9(16)5-18-19-11/h1-5,17H,16H2. The first kappa shape index (κ1) is 11.6. The van der Waals surface area contributed by atoms with E-state index in [2.05, 4.69) is 10.1 Å². The van der Waals surface area contributed by atoms with Crippen LogP contribution in [0.25, 0.3) is 22.2 Å². The van der Waals surface area contributed by atoms with E-state index in [0.717, 1.165) is 12.1 Å². The van der Waals surface area contributed by atoms with Gasteiger partial charge in [0.2, 0.25) is 0 Å². The Labute approximate surface area is 105 Å². The number of aromatic amines is 1. The molecule has 2 aromatic heterocycles. The molecular formula is C12H8F3N3O. The van der Waals surface area contributed by atoms with E-state index in [1.165, 1.54) is 12.3 Å². The average molecular weight is 267 g/mol. The fraction of sp³-hybridized carbons (Fsp3) is 0.0833. The van der Waals surface area contributed by atoms with E-state index in [0.29, 0.717) is 16.5 Å². The number of rotatable bonds is 1. The molecule has 0 spiro atoms. The highest BCUT2D eigenvalue weighted by Gasteiger charge is 2.31. The highest BCUT2D eigenvalue weighted by atomic mass is 19.4. The maximum Gasteiger partial charge on any atom is 0.416 e. The summed E-state index contributed by atoms with van der Waals surface area (Å²) < 4.78 is 43.1. The number of halogens is 3. The van der Waals surface area contributed by atoms with Gasteiger partial charge in [0.1, 0.15) is 5.69 Å². The molecule has 0 amide bonds. The molecule has 3 N–H and O–H groups in total. The van der Waals surface area contributed by atoms with Gasteiger partial charge in [-0.15, -0.1) is 0 Å². The number of H-pyrrole nitrogens is 1. The van der Waals surface area contributed by atoms with Crippen molar-refractivity contribution in [3.05, 3.63) is 36.2 Å². The van der Waals surface area contributed by atoms with Crippen molar-refractivity contribution in [2.24, 2.45) is 0 Å². The summed E-state index contributed by atoms with van der Waals surface area (Å²) >= 11 is 0. The number of fused-ring (bicyclic) bond motifs is 1. The number of nitrogens with one attached hydrogen (secondary N) is 1. The Kier molecular flexibility index (Phi) is 2.31. The molecule has 2 heterocycles. The fourth-order valence-corrected chi connectivity index (χ4v) is 1.94. The van der Waals surface area contributed by atoms with E-state index in [1.54, 1.807) is 6.20 Å². The van der Waals surface area contributed by atoms with Gasteiger partial charge in [-0.25, -0.2) is 0 Å². The van der Waals surface area contributed by atoms with Crippen LogP contribution in [0.2, 0.25) is 0 Å². The molecule has 0 saturated heterocycles. The van der Waals surface area contributed by atoms with Crippen LogP contribution in [0.4, 0.5) is 18.9 Å². The van der Waals surface area contributed by atoms with Crippen LogP contribution in [0.15, 0.2) is 35.1 Å². The van der Waals surface area contributed by atoms with Crippen molar-refractivity contribution in [1.82, 2.24) is 10.1 Å². The second-order valence-corrected chi connectivity index (χ2v) is 4.07. The van der Waals surface area contributed by atoms with Gasteiger partial charge in [-0.3, -0.25) is 0 Å². The SMILES string of the molecule is Nc1cnoc1-c1c[nH]c2ccc(C(F)(F)F)cc12. The lowest BCUT2D eigenvalue weighted by atomic mass is 10.1. The predicted molar refractivity (Wildman–Crippen MR) is 63.2 cm³/mol. The molecule has 0 fully saturated rings. The Morgan fingerprint density at radius 2 is 2.05 bits per heavy atom. The van der Waals surface area contributed by atoms with Gasteiger partial charge in [0, 0.05) is 22.7 Å². The van der Waals surface area contributed by atoms with E-state index in [1.807, 2.05) is 0 Å². The van der Waals surface area contributed by atoms with Crippen molar-refractivity contribution < 1.29 is 17.7 Å². The number of anilines is 1. The lowest BCUT2D eigenvalue weighted by molar-refractivity contribution is -0.137. The summed E-state index contributed by atoms with van der Waals surface area (Å²) in [5, 5.41) is 3.91. The number of hydrogen-bond acceptors (Lipinski definition) is 3. The molecule has 3 rings (SSSR count). The van der Waals surface area contributed by atoms with Gasteiger partial charge in [0.15, 0.2) is 5.76 Å². The molecule has 1 aromatic carbocycles. The summed E-state index contributed by atoms with van der Waals surface area (Å²) in [6.45, 7) is 0. The van der Waals surface area contributed by atoms with Crippen molar-refractivity contribution >= 4 is 16.6 Å². The van der Waals surface area contributed by atoms with E-state index in [-0.39, 0.29) is 11.4 Å². The van der Waals surface area contributed by atoms with Gasteiger partial charge >= 0.3 is 6.18 Å². The Balaban J connectivity index is 2.25. The van der Waals surface area contributed by atoms with Gasteiger partial charge in [-0.1, -0.05) is 5.16 Å². The van der Waals surface area contributed by atoms with Crippen LogP contribution in [-0.4, -0.2) is 10.1 Å². The molecule has 0 aliphatic carbocycles. The van der Waals surface area contributed by atoms with Gasteiger partial charge < -0.3 is 15.2 Å². The maximum atomic E-state index is 12.7. The third-order valence-corrected chi connectivity index (χ3v) is 2.85. The molecule has 4 nitrogen and oxygen atoms in total. The van der Waals surface area contributed by atoms with Gasteiger partial charge in [-0.05, 0) is 18.2 Å². The number of hydrogen-bond donors (Lipinski definition) is 2. The zero-order valence-corrected chi connectivity index (χ0v) is 9.45. The topological polar surface area (TPSA) is 67.8 Å². The molecule has 7 heteroatoms. The lowest BCUT2D eigenvalue weighted by Crippen LogP contribution is -2.04. The number of benzene rings is 1. The highest BCUT2D eigenvalue weighted by molar-refractivity contribution is 5.96. The molecule has 0 bridgehead atoms. The predicted octanol–water partition coefficient (Wildman–Crippen LogP) is 3.42. The summed E-state index contributed by atoms with van der Waals surface area (Å²) in [6, 6.07) is 3.45. The Hall–Kier alpha value is -2.44. The number of nitrogen functional groups attached to an aromatic ring is 1. The van der Waals surface area contributed by atoms with E-state index in [4.69, 9.17) is 10.3 Å². The second kappa shape index (κ2) is 3.78. The molecule has 0 radical (unpaired) electrons. The minimum Gasteiger partial charge on any atom is -0.394 e. The van der Waals surface area contributed by atoms with Crippen LogP contribution in [-0.2, 0) is 6.18 Å². The van der Waals surface area contributed by atoms with Gasteiger partial charge in [0.25, 0.3) is 0 Å². The molecule has 19 heavy (non-hydrogen) atoms. The summed E-state index contributed by atoms with van der Waals surface area (Å²) in [5.41, 5.74) is 6.23. The third-order valence-electron chi connectivity index (χ3n) is 2.85. The van der Waals surface area contributed by atoms with Crippen LogP contribution in [0.5, 0.6) is 0 Å². The Bertz CT molecular complexity index is 742. The summed E-state index contributed by atoms with van der Waals surface area (Å²) in [7, 11) is 0. The molecule has 98 valence electrons. The smallest absolute Gasteiger partial charge is 0.394 e. The maximum absolute atomic E-state index is 12.7. The van der Waals surface area contributed by atoms with Crippen LogP contribution in [0.3, 0.4) is 0 Å². The molecule has 0 atom stereocenters. The third kappa shape index (κ3) is 1.83. The largest absolute Gasteiger partial charge is 0.416 e. The number of alkyl halides is 3. The van der Waals surface area contributed by atoms with Crippen molar-refractivity contribution in [2.45, 2.75) is 6.18 Å². The summed E-state index contributed by atoms with van der Waals surface area (Å²) in [5.74, 6) is 0.255. The van der Waals surface area contributed by atoms with Crippen LogP contribution >= 0.6 is 0 Å². The van der Waals surface area contributed by atoms with E-state index < -0.39 is 11.7 Å². The Morgan fingerprint density at radius 1 is 1.26 bits per heavy atom. The Morgan fingerprint density at radius 3 is 2.68 bits per heavy atom. The van der Waals surface area contributed by atoms with Crippen molar-refractivity contribution in [2.75, 3.05) is 5.73 Å². The minimum atomic E-state index is -4.39.